The number of thioether (sulfide) groups is 1. The molecule has 0 spiro atoms. The smallest absolute Gasteiger partial charge is 0.0535 e. The molecule has 2 heteroatoms. The average molecular weight is 289 g/mol. The van der Waals surface area contributed by atoms with E-state index in [-0.39, 0.29) is 0 Å². The number of allylic oxidation sites excluding steroid dienone is 1. The Labute approximate surface area is 128 Å². The Morgan fingerprint density at radius 2 is 1.85 bits per heavy atom. The number of hydrogen-bond acceptors (Lipinski definition) is 2. The van der Waals surface area contributed by atoms with Gasteiger partial charge in [-0.2, -0.15) is 0 Å². The quantitative estimate of drug-likeness (QED) is 0.580. The highest BCUT2D eigenvalue weighted by atomic mass is 32.2. The van der Waals surface area contributed by atoms with E-state index in [0.29, 0.717) is 6.04 Å². The molecular formula is C18H27NS. The highest BCUT2D eigenvalue weighted by molar-refractivity contribution is 7.98. The Hall–Kier alpha value is -0.730. The predicted molar refractivity (Wildman–Crippen MR) is 90.4 cm³/mol. The van der Waals surface area contributed by atoms with E-state index >= 15 is 0 Å². The molecule has 0 bridgehead atoms. The van der Waals surface area contributed by atoms with Crippen molar-refractivity contribution in [2.24, 2.45) is 0 Å². The Kier molecular flexibility index (Phi) is 6.68. The van der Waals surface area contributed by atoms with E-state index in [2.05, 4.69) is 48.8 Å². The summed E-state index contributed by atoms with van der Waals surface area (Å²) in [5, 5.41) is 3.68. The van der Waals surface area contributed by atoms with E-state index in [4.69, 9.17) is 0 Å². The first kappa shape index (κ1) is 15.7. The molecule has 0 aromatic heterocycles. The van der Waals surface area contributed by atoms with Crippen LogP contribution in [-0.2, 0) is 0 Å². The summed E-state index contributed by atoms with van der Waals surface area (Å²) in [5.41, 5.74) is 3.01. The molecule has 0 amide bonds. The maximum Gasteiger partial charge on any atom is 0.0535 e. The molecule has 0 saturated heterocycles. The summed E-state index contributed by atoms with van der Waals surface area (Å²) in [4.78, 5) is 1.34. The van der Waals surface area contributed by atoms with Gasteiger partial charge in [-0.3, -0.25) is 0 Å². The van der Waals surface area contributed by atoms with Crippen molar-refractivity contribution in [2.45, 2.75) is 56.4 Å². The van der Waals surface area contributed by atoms with Crippen molar-refractivity contribution in [3.63, 3.8) is 0 Å². The molecule has 1 atom stereocenters. The van der Waals surface area contributed by atoms with Gasteiger partial charge in [-0.15, -0.1) is 11.8 Å². The molecule has 1 aromatic rings. The molecule has 1 aliphatic rings. The summed E-state index contributed by atoms with van der Waals surface area (Å²) in [6.45, 7) is 3.22. The highest BCUT2D eigenvalue weighted by Gasteiger charge is 2.16. The van der Waals surface area contributed by atoms with Crippen molar-refractivity contribution in [2.75, 3.05) is 12.8 Å². The molecule has 1 aliphatic carbocycles. The third-order valence-electron chi connectivity index (χ3n) is 4.05. The zero-order valence-electron chi connectivity index (χ0n) is 12.8. The van der Waals surface area contributed by atoms with Crippen molar-refractivity contribution in [3.8, 4) is 0 Å². The fourth-order valence-electron chi connectivity index (χ4n) is 2.94. The van der Waals surface area contributed by atoms with Gasteiger partial charge in [0.15, 0.2) is 0 Å². The zero-order valence-corrected chi connectivity index (χ0v) is 13.6. The van der Waals surface area contributed by atoms with Gasteiger partial charge in [0.2, 0.25) is 0 Å². The Morgan fingerprint density at radius 3 is 2.55 bits per heavy atom. The van der Waals surface area contributed by atoms with Crippen molar-refractivity contribution >= 4 is 11.8 Å². The molecule has 2 rings (SSSR count). The summed E-state index contributed by atoms with van der Waals surface area (Å²) < 4.78 is 0. The van der Waals surface area contributed by atoms with Gasteiger partial charge < -0.3 is 5.32 Å². The Bertz CT molecular complexity index is 422. The SMILES string of the molecule is CCNC(/C1=C/CCCCCC1)c1ccc(SC)cc1. The summed E-state index contributed by atoms with van der Waals surface area (Å²) in [6, 6.07) is 9.48. The van der Waals surface area contributed by atoms with Crippen molar-refractivity contribution in [1.29, 1.82) is 0 Å². The normalized spacial score (nSPS) is 20.6. The number of hydrogen-bond donors (Lipinski definition) is 1. The van der Waals surface area contributed by atoms with Gasteiger partial charge in [0.1, 0.15) is 0 Å². The Morgan fingerprint density at radius 1 is 1.10 bits per heavy atom. The van der Waals surface area contributed by atoms with Crippen molar-refractivity contribution in [1.82, 2.24) is 5.32 Å². The van der Waals surface area contributed by atoms with Crippen LogP contribution in [0, 0.1) is 0 Å². The average Bonchev–Trinajstić information content (AvgIpc) is 2.45. The fourth-order valence-corrected chi connectivity index (χ4v) is 3.35. The van der Waals surface area contributed by atoms with Crippen LogP contribution in [0.3, 0.4) is 0 Å². The third kappa shape index (κ3) is 4.39. The second kappa shape index (κ2) is 8.53. The first-order valence-corrected chi connectivity index (χ1v) is 9.14. The third-order valence-corrected chi connectivity index (χ3v) is 4.80. The summed E-state index contributed by atoms with van der Waals surface area (Å²) >= 11 is 1.81. The largest absolute Gasteiger partial charge is 0.307 e. The van der Waals surface area contributed by atoms with E-state index < -0.39 is 0 Å². The van der Waals surface area contributed by atoms with Crippen molar-refractivity contribution in [3.05, 3.63) is 41.5 Å². The van der Waals surface area contributed by atoms with Crippen LogP contribution in [0.5, 0.6) is 0 Å². The molecule has 1 aromatic carbocycles. The zero-order chi connectivity index (χ0) is 14.2. The van der Waals surface area contributed by atoms with Gasteiger partial charge in [-0.1, -0.05) is 43.5 Å². The number of likely N-dealkylation sites (N-methyl/N-ethyl adjacent to an activating group) is 1. The topological polar surface area (TPSA) is 12.0 Å². The van der Waals surface area contributed by atoms with Gasteiger partial charge in [0, 0.05) is 4.90 Å². The molecular weight excluding hydrogens is 262 g/mol. The molecule has 0 heterocycles. The van der Waals surface area contributed by atoms with Gasteiger partial charge in [-0.25, -0.2) is 0 Å². The highest BCUT2D eigenvalue weighted by Crippen LogP contribution is 2.29. The summed E-state index contributed by atoms with van der Waals surface area (Å²) in [7, 11) is 0. The van der Waals surface area contributed by atoms with E-state index in [1.165, 1.54) is 49.0 Å². The molecule has 1 N–H and O–H groups in total. The lowest BCUT2D eigenvalue weighted by Crippen LogP contribution is -2.23. The second-order valence-electron chi connectivity index (χ2n) is 5.50. The molecule has 20 heavy (non-hydrogen) atoms. The van der Waals surface area contributed by atoms with Crippen LogP contribution < -0.4 is 5.32 Å². The fraction of sp³-hybridized carbons (Fsp3) is 0.556. The molecule has 1 nitrogen and oxygen atoms in total. The maximum absolute atomic E-state index is 3.68. The van der Waals surface area contributed by atoms with Crippen LogP contribution in [0.1, 0.15) is 57.1 Å². The minimum Gasteiger partial charge on any atom is -0.307 e. The van der Waals surface area contributed by atoms with E-state index in [1.807, 2.05) is 11.8 Å². The van der Waals surface area contributed by atoms with Crippen LogP contribution in [0.4, 0.5) is 0 Å². The van der Waals surface area contributed by atoms with Gasteiger partial charge >= 0.3 is 0 Å². The van der Waals surface area contributed by atoms with E-state index in [1.54, 1.807) is 5.57 Å². The lowest BCUT2D eigenvalue weighted by atomic mass is 9.91. The van der Waals surface area contributed by atoms with Crippen LogP contribution in [0.15, 0.2) is 40.8 Å². The molecule has 0 aliphatic heterocycles. The maximum atomic E-state index is 3.68. The van der Waals surface area contributed by atoms with Gasteiger partial charge in [0.25, 0.3) is 0 Å². The summed E-state index contributed by atoms with van der Waals surface area (Å²) in [5.74, 6) is 0. The van der Waals surface area contributed by atoms with Crippen LogP contribution >= 0.6 is 11.8 Å². The number of benzene rings is 1. The van der Waals surface area contributed by atoms with E-state index in [0.717, 1.165) is 6.54 Å². The minimum atomic E-state index is 0.411. The Balaban J connectivity index is 2.19. The minimum absolute atomic E-state index is 0.411. The molecule has 0 fully saturated rings. The van der Waals surface area contributed by atoms with Crippen LogP contribution in [0.2, 0.25) is 0 Å². The lowest BCUT2D eigenvalue weighted by molar-refractivity contribution is 0.554. The molecule has 0 radical (unpaired) electrons. The van der Waals surface area contributed by atoms with E-state index in [9.17, 15) is 0 Å². The lowest BCUT2D eigenvalue weighted by Gasteiger charge is -2.24. The first-order valence-electron chi connectivity index (χ1n) is 7.91. The number of nitrogens with one attached hydrogen (secondary N) is 1. The number of rotatable bonds is 5. The summed E-state index contributed by atoms with van der Waals surface area (Å²) in [6.07, 6.45) is 12.6. The monoisotopic (exact) mass is 289 g/mol. The molecule has 0 saturated carbocycles. The predicted octanol–water partition coefficient (Wildman–Crippen LogP) is 5.34. The molecule has 1 unspecified atom stereocenters. The van der Waals surface area contributed by atoms with Crippen LogP contribution in [0.25, 0.3) is 0 Å². The standard InChI is InChI=1S/C18H27NS/c1-3-19-18(15-9-7-5-4-6-8-10-15)16-11-13-17(20-2)14-12-16/h9,11-14,18-19H,3-8,10H2,1-2H3/b15-9+. The van der Waals surface area contributed by atoms with Crippen molar-refractivity contribution < 1.29 is 0 Å². The first-order chi connectivity index (χ1) is 9.85. The van der Waals surface area contributed by atoms with Gasteiger partial charge in [-0.05, 0) is 56.2 Å². The van der Waals surface area contributed by atoms with Crippen LogP contribution in [-0.4, -0.2) is 12.8 Å². The van der Waals surface area contributed by atoms with Gasteiger partial charge in [0.05, 0.1) is 6.04 Å². The second-order valence-corrected chi connectivity index (χ2v) is 6.38. The molecule has 110 valence electrons.